The predicted molar refractivity (Wildman–Crippen MR) is 75.1 cm³/mol. The second kappa shape index (κ2) is 6.41. The maximum Gasteiger partial charge on any atom is 0.323 e. The van der Waals surface area contributed by atoms with Crippen LogP contribution in [-0.2, 0) is 11.3 Å². The summed E-state index contributed by atoms with van der Waals surface area (Å²) < 4.78 is 4.89. The van der Waals surface area contributed by atoms with E-state index in [-0.39, 0.29) is 12.3 Å². The number of aromatic nitrogens is 1. The van der Waals surface area contributed by atoms with Crippen LogP contribution in [0.4, 0.5) is 0 Å². The summed E-state index contributed by atoms with van der Waals surface area (Å²) in [6.45, 7) is 1.39. The molecule has 0 spiro atoms. The summed E-state index contributed by atoms with van der Waals surface area (Å²) in [6, 6.07) is 8.29. The SMILES string of the molecule is Cc1cc(C(=O)N(CC(=O)O)Cc2ccc(Cl)cc2)on1. The summed E-state index contributed by atoms with van der Waals surface area (Å²) >= 11 is 5.80. The first kappa shape index (κ1) is 15.1. The minimum Gasteiger partial charge on any atom is -0.480 e. The van der Waals surface area contributed by atoms with Crippen molar-refractivity contribution in [3.63, 3.8) is 0 Å². The van der Waals surface area contributed by atoms with E-state index in [0.717, 1.165) is 5.56 Å². The van der Waals surface area contributed by atoms with Gasteiger partial charge < -0.3 is 14.5 Å². The zero-order valence-corrected chi connectivity index (χ0v) is 12.0. The van der Waals surface area contributed by atoms with Crippen LogP contribution in [0.5, 0.6) is 0 Å². The lowest BCUT2D eigenvalue weighted by atomic mass is 10.2. The molecule has 110 valence electrons. The number of carboxylic acid groups (broad SMARTS) is 1. The molecule has 1 amide bonds. The Kier molecular flexibility index (Phi) is 4.59. The molecule has 1 N–H and O–H groups in total. The summed E-state index contributed by atoms with van der Waals surface area (Å²) in [4.78, 5) is 24.4. The second-order valence-corrected chi connectivity index (χ2v) is 4.95. The summed E-state index contributed by atoms with van der Waals surface area (Å²) in [5.74, 6) is -1.61. The van der Waals surface area contributed by atoms with Crippen molar-refractivity contribution in [2.45, 2.75) is 13.5 Å². The van der Waals surface area contributed by atoms with Gasteiger partial charge in [-0.3, -0.25) is 9.59 Å². The van der Waals surface area contributed by atoms with Crippen LogP contribution in [0, 0.1) is 6.92 Å². The van der Waals surface area contributed by atoms with Gasteiger partial charge in [-0.2, -0.15) is 0 Å². The fourth-order valence-corrected chi connectivity index (χ4v) is 1.92. The van der Waals surface area contributed by atoms with Crippen LogP contribution < -0.4 is 0 Å². The Morgan fingerprint density at radius 3 is 2.52 bits per heavy atom. The molecule has 0 atom stereocenters. The number of hydrogen-bond acceptors (Lipinski definition) is 4. The molecule has 0 radical (unpaired) electrons. The average molecular weight is 309 g/mol. The minimum absolute atomic E-state index is 0.0164. The first-order valence-electron chi connectivity index (χ1n) is 6.14. The largest absolute Gasteiger partial charge is 0.480 e. The molecule has 0 aliphatic heterocycles. The average Bonchev–Trinajstić information content (AvgIpc) is 2.86. The van der Waals surface area contributed by atoms with Gasteiger partial charge in [-0.1, -0.05) is 28.9 Å². The van der Waals surface area contributed by atoms with Crippen molar-refractivity contribution in [3.8, 4) is 0 Å². The molecule has 0 aliphatic carbocycles. The molecule has 0 saturated carbocycles. The third-order valence-corrected chi connectivity index (χ3v) is 2.99. The quantitative estimate of drug-likeness (QED) is 0.916. The number of aliphatic carboxylic acids is 1. The highest BCUT2D eigenvalue weighted by Gasteiger charge is 2.22. The van der Waals surface area contributed by atoms with Crippen molar-refractivity contribution in [1.29, 1.82) is 0 Å². The van der Waals surface area contributed by atoms with Crippen molar-refractivity contribution < 1.29 is 19.2 Å². The van der Waals surface area contributed by atoms with Crippen LogP contribution in [-0.4, -0.2) is 33.6 Å². The summed E-state index contributed by atoms with van der Waals surface area (Å²) in [7, 11) is 0. The number of benzene rings is 1. The van der Waals surface area contributed by atoms with Gasteiger partial charge in [0.1, 0.15) is 6.54 Å². The third kappa shape index (κ3) is 4.06. The van der Waals surface area contributed by atoms with Gasteiger partial charge in [0, 0.05) is 17.6 Å². The molecule has 1 aromatic heterocycles. The zero-order valence-electron chi connectivity index (χ0n) is 11.2. The summed E-state index contributed by atoms with van der Waals surface area (Å²) in [5, 5.41) is 13.1. The third-order valence-electron chi connectivity index (χ3n) is 2.74. The smallest absolute Gasteiger partial charge is 0.323 e. The topological polar surface area (TPSA) is 83.6 Å². The predicted octanol–water partition coefficient (Wildman–Crippen LogP) is 2.36. The number of aryl methyl sites for hydroxylation is 1. The normalized spacial score (nSPS) is 10.4. The molecule has 6 nitrogen and oxygen atoms in total. The Hall–Kier alpha value is -2.34. The molecule has 0 fully saturated rings. The fourth-order valence-electron chi connectivity index (χ4n) is 1.79. The summed E-state index contributed by atoms with van der Waals surface area (Å²) in [6.07, 6.45) is 0. The number of carbonyl (C=O) groups excluding carboxylic acids is 1. The number of carboxylic acids is 1. The van der Waals surface area contributed by atoms with Crippen LogP contribution in [0.2, 0.25) is 5.02 Å². The standard InChI is InChI=1S/C14H13ClN2O4/c1-9-6-12(21-16-9)14(20)17(8-13(18)19)7-10-2-4-11(15)5-3-10/h2-6H,7-8H2,1H3,(H,18,19). The van der Waals surface area contributed by atoms with Crippen molar-refractivity contribution in [2.24, 2.45) is 0 Å². The van der Waals surface area contributed by atoms with Crippen molar-refractivity contribution in [2.75, 3.05) is 6.54 Å². The van der Waals surface area contributed by atoms with Gasteiger partial charge in [0.15, 0.2) is 0 Å². The van der Waals surface area contributed by atoms with Gasteiger partial charge in [0.25, 0.3) is 5.91 Å². The molecular formula is C14H13ClN2O4. The van der Waals surface area contributed by atoms with E-state index in [1.165, 1.54) is 11.0 Å². The zero-order chi connectivity index (χ0) is 15.4. The van der Waals surface area contributed by atoms with Crippen molar-refractivity contribution in [3.05, 3.63) is 52.4 Å². The number of amides is 1. The maximum absolute atomic E-state index is 12.3. The molecule has 0 unspecified atom stereocenters. The maximum atomic E-state index is 12.3. The number of carbonyl (C=O) groups is 2. The lowest BCUT2D eigenvalue weighted by molar-refractivity contribution is -0.137. The van der Waals surface area contributed by atoms with Gasteiger partial charge in [-0.15, -0.1) is 0 Å². The van der Waals surface area contributed by atoms with Gasteiger partial charge in [0.2, 0.25) is 5.76 Å². The number of nitrogens with zero attached hydrogens (tertiary/aromatic N) is 2. The molecule has 2 aromatic rings. The molecular weight excluding hydrogens is 296 g/mol. The molecule has 0 aliphatic rings. The van der Waals surface area contributed by atoms with Crippen LogP contribution in [0.15, 0.2) is 34.9 Å². The Balaban J connectivity index is 2.19. The molecule has 1 aromatic carbocycles. The number of hydrogen-bond donors (Lipinski definition) is 1. The second-order valence-electron chi connectivity index (χ2n) is 4.51. The first-order valence-corrected chi connectivity index (χ1v) is 6.52. The number of halogens is 1. The van der Waals surface area contributed by atoms with E-state index in [9.17, 15) is 9.59 Å². The Bertz CT molecular complexity index is 651. The van der Waals surface area contributed by atoms with E-state index in [1.54, 1.807) is 31.2 Å². The fraction of sp³-hybridized carbons (Fsp3) is 0.214. The molecule has 1 heterocycles. The highest BCUT2D eigenvalue weighted by molar-refractivity contribution is 6.30. The van der Waals surface area contributed by atoms with Gasteiger partial charge in [0.05, 0.1) is 5.69 Å². The molecule has 7 heteroatoms. The van der Waals surface area contributed by atoms with Crippen LogP contribution in [0.3, 0.4) is 0 Å². The highest BCUT2D eigenvalue weighted by atomic mass is 35.5. The Morgan fingerprint density at radius 2 is 2.00 bits per heavy atom. The lowest BCUT2D eigenvalue weighted by Crippen LogP contribution is -2.35. The van der Waals surface area contributed by atoms with Gasteiger partial charge >= 0.3 is 5.97 Å². The van der Waals surface area contributed by atoms with Crippen LogP contribution in [0.1, 0.15) is 21.8 Å². The molecule has 2 rings (SSSR count). The monoisotopic (exact) mass is 308 g/mol. The van der Waals surface area contributed by atoms with Crippen LogP contribution >= 0.6 is 11.6 Å². The molecule has 0 bridgehead atoms. The van der Waals surface area contributed by atoms with Crippen molar-refractivity contribution in [1.82, 2.24) is 10.1 Å². The van der Waals surface area contributed by atoms with E-state index in [4.69, 9.17) is 21.2 Å². The summed E-state index contributed by atoms with van der Waals surface area (Å²) in [5.41, 5.74) is 1.32. The van der Waals surface area contributed by atoms with Gasteiger partial charge in [-0.05, 0) is 24.6 Å². The number of rotatable bonds is 5. The van der Waals surface area contributed by atoms with E-state index < -0.39 is 18.4 Å². The Morgan fingerprint density at radius 1 is 1.33 bits per heavy atom. The molecule has 21 heavy (non-hydrogen) atoms. The van der Waals surface area contributed by atoms with Crippen molar-refractivity contribution >= 4 is 23.5 Å². The lowest BCUT2D eigenvalue weighted by Gasteiger charge is -2.19. The van der Waals surface area contributed by atoms with Crippen LogP contribution in [0.25, 0.3) is 0 Å². The first-order chi connectivity index (χ1) is 9.95. The van der Waals surface area contributed by atoms with E-state index in [0.29, 0.717) is 10.7 Å². The minimum atomic E-state index is -1.10. The van der Waals surface area contributed by atoms with E-state index >= 15 is 0 Å². The highest BCUT2D eigenvalue weighted by Crippen LogP contribution is 2.14. The van der Waals surface area contributed by atoms with E-state index in [2.05, 4.69) is 5.16 Å². The molecule has 0 saturated heterocycles. The Labute approximate surface area is 125 Å². The van der Waals surface area contributed by atoms with Gasteiger partial charge in [-0.25, -0.2) is 0 Å². The van der Waals surface area contributed by atoms with E-state index in [1.807, 2.05) is 0 Å².